The lowest BCUT2D eigenvalue weighted by atomic mass is 9.81. The van der Waals surface area contributed by atoms with Gasteiger partial charge in [0.25, 0.3) is 5.91 Å². The number of carbonyl (C=O) groups is 3. The first-order valence-corrected chi connectivity index (χ1v) is 10.1. The zero-order chi connectivity index (χ0) is 20.8. The van der Waals surface area contributed by atoms with E-state index in [1.807, 2.05) is 43.3 Å². The quantitative estimate of drug-likeness (QED) is 0.816. The highest BCUT2D eigenvalue weighted by atomic mass is 16.3. The molecular formula is C24H25NO4. The predicted octanol–water partition coefficient (Wildman–Crippen LogP) is 3.18. The van der Waals surface area contributed by atoms with Crippen LogP contribution in [0.3, 0.4) is 0 Å². The molecule has 1 saturated heterocycles. The predicted molar refractivity (Wildman–Crippen MR) is 109 cm³/mol. The molecule has 5 heteroatoms. The van der Waals surface area contributed by atoms with Crippen LogP contribution in [0.1, 0.15) is 42.1 Å². The van der Waals surface area contributed by atoms with E-state index >= 15 is 0 Å². The van der Waals surface area contributed by atoms with Gasteiger partial charge in [0.1, 0.15) is 17.0 Å². The maximum Gasteiger partial charge on any atom is 0.254 e. The van der Waals surface area contributed by atoms with Crippen LogP contribution in [0.5, 0.6) is 0 Å². The average Bonchev–Trinajstić information content (AvgIpc) is 3.25. The van der Waals surface area contributed by atoms with Gasteiger partial charge in [-0.2, -0.15) is 0 Å². The van der Waals surface area contributed by atoms with Crippen LogP contribution in [0.4, 0.5) is 0 Å². The number of hydrogen-bond acceptors (Lipinski definition) is 4. The summed E-state index contributed by atoms with van der Waals surface area (Å²) >= 11 is 0. The Hall–Kier alpha value is -2.79. The van der Waals surface area contributed by atoms with Gasteiger partial charge in [-0.05, 0) is 49.1 Å². The molecule has 29 heavy (non-hydrogen) atoms. The smallest absolute Gasteiger partial charge is 0.254 e. The molecule has 1 saturated carbocycles. The number of carbonyl (C=O) groups excluding carboxylic acids is 3. The van der Waals surface area contributed by atoms with Gasteiger partial charge in [0.15, 0.2) is 0 Å². The summed E-state index contributed by atoms with van der Waals surface area (Å²) in [7, 11) is 0. The molecule has 4 rings (SSSR count). The molecule has 1 aliphatic carbocycles. The van der Waals surface area contributed by atoms with Crippen molar-refractivity contribution in [2.75, 3.05) is 6.54 Å². The first-order chi connectivity index (χ1) is 13.8. The molecule has 2 aliphatic rings. The number of nitrogens with zero attached hydrogens (tertiary/aromatic N) is 1. The van der Waals surface area contributed by atoms with Crippen LogP contribution in [0.25, 0.3) is 11.1 Å². The molecule has 2 atom stereocenters. The van der Waals surface area contributed by atoms with Crippen molar-refractivity contribution in [1.82, 2.24) is 4.90 Å². The molecule has 5 nitrogen and oxygen atoms in total. The highest BCUT2D eigenvalue weighted by Gasteiger charge is 2.58. The summed E-state index contributed by atoms with van der Waals surface area (Å²) in [5.41, 5.74) is 2.64. The normalized spacial score (nSPS) is 21.8. The lowest BCUT2D eigenvalue weighted by Crippen LogP contribution is -2.42. The molecule has 0 aromatic heterocycles. The van der Waals surface area contributed by atoms with E-state index < -0.39 is 17.6 Å². The van der Waals surface area contributed by atoms with E-state index in [2.05, 4.69) is 0 Å². The Bertz CT molecular complexity index is 961. The fourth-order valence-corrected chi connectivity index (χ4v) is 4.71. The second-order valence-electron chi connectivity index (χ2n) is 8.27. The fourth-order valence-electron chi connectivity index (χ4n) is 4.71. The average molecular weight is 391 g/mol. The second-order valence-corrected chi connectivity index (χ2v) is 8.27. The van der Waals surface area contributed by atoms with E-state index in [4.69, 9.17) is 0 Å². The van der Waals surface area contributed by atoms with Crippen LogP contribution in [-0.2, 0) is 9.59 Å². The minimum absolute atomic E-state index is 0.0681. The van der Waals surface area contributed by atoms with Crippen LogP contribution in [0, 0.1) is 12.3 Å². The number of ketones is 2. The summed E-state index contributed by atoms with van der Waals surface area (Å²) in [6.45, 7) is 3.72. The third kappa shape index (κ3) is 3.19. The molecule has 0 unspecified atom stereocenters. The van der Waals surface area contributed by atoms with E-state index in [-0.39, 0.29) is 43.3 Å². The van der Waals surface area contributed by atoms with Crippen molar-refractivity contribution in [2.24, 2.45) is 5.41 Å². The summed E-state index contributed by atoms with van der Waals surface area (Å²) in [6.07, 6.45) is -0.127. The Morgan fingerprint density at radius 1 is 1.07 bits per heavy atom. The lowest BCUT2D eigenvalue weighted by molar-refractivity contribution is -0.133. The maximum atomic E-state index is 13.2. The molecule has 150 valence electrons. The molecule has 1 N–H and O–H groups in total. The van der Waals surface area contributed by atoms with Crippen molar-refractivity contribution in [3.8, 4) is 11.1 Å². The minimum atomic E-state index is -1.13. The summed E-state index contributed by atoms with van der Waals surface area (Å²) in [6, 6.07) is 14.9. The molecule has 2 aromatic rings. The summed E-state index contributed by atoms with van der Waals surface area (Å²) in [5.74, 6) is -0.451. The molecule has 0 bridgehead atoms. The Labute approximate surface area is 170 Å². The van der Waals surface area contributed by atoms with Crippen LogP contribution in [-0.4, -0.2) is 46.2 Å². The fraction of sp³-hybridized carbons (Fsp3) is 0.375. The zero-order valence-corrected chi connectivity index (χ0v) is 16.7. The first-order valence-electron chi connectivity index (χ1n) is 10.1. The zero-order valence-electron chi connectivity index (χ0n) is 16.7. The van der Waals surface area contributed by atoms with E-state index in [0.29, 0.717) is 5.56 Å². The lowest BCUT2D eigenvalue weighted by Gasteiger charge is -2.26. The van der Waals surface area contributed by atoms with Crippen LogP contribution < -0.4 is 0 Å². The molecule has 2 fully saturated rings. The molecule has 0 radical (unpaired) electrons. The Balaban J connectivity index is 1.62. The maximum absolute atomic E-state index is 13.2. The molecule has 1 aliphatic heterocycles. The SMILES string of the molecule is Cc1ccccc1-c1ccc(C(=O)N2CC3(C[C@H]2[C@@H](C)O)C(=O)CCC3=O)cc1. The third-order valence-electron chi connectivity index (χ3n) is 6.45. The summed E-state index contributed by atoms with van der Waals surface area (Å²) < 4.78 is 0. The highest BCUT2D eigenvalue weighted by Crippen LogP contribution is 2.44. The summed E-state index contributed by atoms with van der Waals surface area (Å²) in [4.78, 5) is 39.7. The molecule has 2 aromatic carbocycles. The highest BCUT2D eigenvalue weighted by molar-refractivity contribution is 6.14. The molecular weight excluding hydrogens is 366 g/mol. The van der Waals surface area contributed by atoms with Crippen molar-refractivity contribution in [3.05, 3.63) is 59.7 Å². The van der Waals surface area contributed by atoms with Crippen molar-refractivity contribution in [3.63, 3.8) is 0 Å². The number of amides is 1. The van der Waals surface area contributed by atoms with E-state index in [9.17, 15) is 19.5 Å². The number of aliphatic hydroxyl groups is 1. The van der Waals surface area contributed by atoms with Gasteiger partial charge < -0.3 is 10.0 Å². The van der Waals surface area contributed by atoms with Gasteiger partial charge in [0.05, 0.1) is 12.1 Å². The van der Waals surface area contributed by atoms with Crippen molar-refractivity contribution in [1.29, 1.82) is 0 Å². The van der Waals surface area contributed by atoms with Gasteiger partial charge in [-0.15, -0.1) is 0 Å². The number of aliphatic hydroxyl groups excluding tert-OH is 1. The minimum Gasteiger partial charge on any atom is -0.391 e. The van der Waals surface area contributed by atoms with Gasteiger partial charge in [-0.3, -0.25) is 14.4 Å². The number of likely N-dealkylation sites (tertiary alicyclic amines) is 1. The second kappa shape index (κ2) is 7.23. The Morgan fingerprint density at radius 2 is 1.69 bits per heavy atom. The largest absolute Gasteiger partial charge is 0.391 e. The van der Waals surface area contributed by atoms with E-state index in [1.165, 1.54) is 4.90 Å². The van der Waals surface area contributed by atoms with Crippen LogP contribution in [0.15, 0.2) is 48.5 Å². The molecule has 1 amide bonds. The van der Waals surface area contributed by atoms with Crippen LogP contribution in [0.2, 0.25) is 0 Å². The van der Waals surface area contributed by atoms with Crippen LogP contribution >= 0.6 is 0 Å². The Kier molecular flexibility index (Phi) is 4.87. The van der Waals surface area contributed by atoms with Gasteiger partial charge in [-0.25, -0.2) is 0 Å². The van der Waals surface area contributed by atoms with Gasteiger partial charge in [0, 0.05) is 24.9 Å². The van der Waals surface area contributed by atoms with Gasteiger partial charge in [-0.1, -0.05) is 36.4 Å². The van der Waals surface area contributed by atoms with Gasteiger partial charge >= 0.3 is 0 Å². The summed E-state index contributed by atoms with van der Waals surface area (Å²) in [5, 5.41) is 10.2. The first kappa shape index (κ1) is 19.5. The number of Topliss-reactive ketones (excluding diaryl/α,β-unsaturated/α-hetero) is 2. The molecule has 1 spiro atoms. The van der Waals surface area contributed by atoms with E-state index in [1.54, 1.807) is 19.1 Å². The Morgan fingerprint density at radius 3 is 2.28 bits per heavy atom. The van der Waals surface area contributed by atoms with Gasteiger partial charge in [0.2, 0.25) is 0 Å². The van der Waals surface area contributed by atoms with Crippen molar-refractivity contribution in [2.45, 2.75) is 45.3 Å². The topological polar surface area (TPSA) is 74.7 Å². The number of hydrogen-bond donors (Lipinski definition) is 1. The number of rotatable bonds is 3. The van der Waals surface area contributed by atoms with Crippen molar-refractivity contribution < 1.29 is 19.5 Å². The van der Waals surface area contributed by atoms with Crippen molar-refractivity contribution >= 4 is 17.5 Å². The molecule has 1 heterocycles. The van der Waals surface area contributed by atoms with E-state index in [0.717, 1.165) is 16.7 Å². The number of aryl methyl sites for hydroxylation is 1. The number of benzene rings is 2. The monoisotopic (exact) mass is 391 g/mol. The standard InChI is InChI=1S/C24H25NO4/c1-15-5-3-4-6-19(15)17-7-9-18(10-8-17)23(29)25-14-24(13-20(25)16(2)26)21(27)11-12-22(24)28/h3-10,16,20,26H,11-14H2,1-2H3/t16-,20+/m1/s1. The third-order valence-corrected chi connectivity index (χ3v) is 6.45.